The van der Waals surface area contributed by atoms with Crippen LogP contribution < -0.4 is 10.1 Å². The highest BCUT2D eigenvalue weighted by atomic mass is 79.9. The van der Waals surface area contributed by atoms with E-state index in [-0.39, 0.29) is 12.2 Å². The normalized spacial score (nSPS) is 25.9. The predicted octanol–water partition coefficient (Wildman–Crippen LogP) is 3.37. The lowest BCUT2D eigenvalue weighted by atomic mass is 9.85. The molecule has 19 heavy (non-hydrogen) atoms. The zero-order valence-electron chi connectivity index (χ0n) is 11.6. The lowest BCUT2D eigenvalue weighted by molar-refractivity contribution is -0.104. The molecule has 0 aliphatic heterocycles. The average Bonchev–Trinajstić information content (AvgIpc) is 2.41. The summed E-state index contributed by atoms with van der Waals surface area (Å²) in [6.45, 7) is 5.97. The Hall–Kier alpha value is -0.580. The van der Waals surface area contributed by atoms with Gasteiger partial charge in [-0.1, -0.05) is 19.1 Å². The van der Waals surface area contributed by atoms with E-state index < -0.39 is 0 Å². The Morgan fingerprint density at radius 2 is 2.11 bits per heavy atom. The van der Waals surface area contributed by atoms with Crippen molar-refractivity contribution >= 4 is 15.9 Å². The van der Waals surface area contributed by atoms with Gasteiger partial charge >= 0.3 is 0 Å². The lowest BCUT2D eigenvalue weighted by Crippen LogP contribution is -2.61. The molecule has 0 radical (unpaired) electrons. The minimum atomic E-state index is 0.146. The molecular formula is C15H22BrNO2. The summed E-state index contributed by atoms with van der Waals surface area (Å²) in [5.41, 5.74) is 0. The van der Waals surface area contributed by atoms with E-state index >= 15 is 0 Å². The van der Waals surface area contributed by atoms with Crippen molar-refractivity contribution in [1.29, 1.82) is 0 Å². The Kier molecular flexibility index (Phi) is 5.67. The van der Waals surface area contributed by atoms with E-state index in [0.29, 0.717) is 6.04 Å². The van der Waals surface area contributed by atoms with Gasteiger partial charge in [0.1, 0.15) is 18.0 Å². The number of hydrogen-bond donors (Lipinski definition) is 1. The van der Waals surface area contributed by atoms with E-state index in [0.717, 1.165) is 36.2 Å². The van der Waals surface area contributed by atoms with E-state index in [1.807, 2.05) is 31.2 Å². The summed E-state index contributed by atoms with van der Waals surface area (Å²) < 4.78 is 12.8. The number of ether oxygens (including phenoxy) is 2. The van der Waals surface area contributed by atoms with Crippen molar-refractivity contribution < 1.29 is 9.47 Å². The molecule has 0 saturated heterocycles. The van der Waals surface area contributed by atoms with Crippen LogP contribution >= 0.6 is 15.9 Å². The number of hydrogen-bond acceptors (Lipinski definition) is 3. The molecule has 106 valence electrons. The molecule has 3 nitrogen and oxygen atoms in total. The maximum absolute atomic E-state index is 6.04. The quantitative estimate of drug-likeness (QED) is 0.832. The van der Waals surface area contributed by atoms with Crippen LogP contribution in [0.5, 0.6) is 5.75 Å². The highest BCUT2D eigenvalue weighted by molar-refractivity contribution is 9.10. The number of benzene rings is 1. The molecule has 1 aromatic carbocycles. The van der Waals surface area contributed by atoms with Gasteiger partial charge in [-0.3, -0.25) is 0 Å². The predicted molar refractivity (Wildman–Crippen MR) is 80.7 cm³/mol. The molecule has 0 amide bonds. The number of nitrogens with one attached hydrogen (secondary N) is 1. The fourth-order valence-electron chi connectivity index (χ4n) is 2.35. The molecule has 3 unspecified atom stereocenters. The van der Waals surface area contributed by atoms with E-state index in [2.05, 4.69) is 28.2 Å². The first-order valence-electron chi connectivity index (χ1n) is 7.02. The van der Waals surface area contributed by atoms with E-state index in [1.165, 1.54) is 0 Å². The van der Waals surface area contributed by atoms with Crippen LogP contribution in [-0.2, 0) is 4.74 Å². The molecule has 3 atom stereocenters. The molecular weight excluding hydrogens is 306 g/mol. The second kappa shape index (κ2) is 7.27. The van der Waals surface area contributed by atoms with Crippen molar-refractivity contribution in [3.05, 3.63) is 28.7 Å². The second-order valence-electron chi connectivity index (χ2n) is 4.80. The molecule has 2 rings (SSSR count). The van der Waals surface area contributed by atoms with Crippen molar-refractivity contribution in [2.45, 2.75) is 44.9 Å². The van der Waals surface area contributed by atoms with Gasteiger partial charge in [-0.15, -0.1) is 0 Å². The van der Waals surface area contributed by atoms with Crippen LogP contribution in [0.3, 0.4) is 0 Å². The summed E-state index contributed by atoms with van der Waals surface area (Å²) in [6.07, 6.45) is 2.45. The van der Waals surface area contributed by atoms with Crippen LogP contribution in [0, 0.1) is 0 Å². The van der Waals surface area contributed by atoms with Crippen LogP contribution in [0.4, 0.5) is 0 Å². The van der Waals surface area contributed by atoms with Gasteiger partial charge < -0.3 is 14.8 Å². The Morgan fingerprint density at radius 1 is 1.32 bits per heavy atom. The highest BCUT2D eigenvalue weighted by Gasteiger charge is 2.43. The van der Waals surface area contributed by atoms with Gasteiger partial charge in [-0.05, 0) is 48.0 Å². The van der Waals surface area contributed by atoms with Gasteiger partial charge in [0.25, 0.3) is 0 Å². The third-order valence-corrected chi connectivity index (χ3v) is 4.04. The number of halogens is 1. The standard InChI is InChI=1S/C15H22BrNO2/c1-3-9-17-12-10-14(15(12)18-4-2)19-13-8-6-5-7-11(13)16/h5-8,12,14-15,17H,3-4,9-10H2,1-2H3. The Morgan fingerprint density at radius 3 is 2.79 bits per heavy atom. The van der Waals surface area contributed by atoms with Gasteiger partial charge in [0.05, 0.1) is 4.47 Å². The molecule has 1 saturated carbocycles. The maximum atomic E-state index is 6.04. The lowest BCUT2D eigenvalue weighted by Gasteiger charge is -2.44. The molecule has 1 N–H and O–H groups in total. The van der Waals surface area contributed by atoms with E-state index in [1.54, 1.807) is 0 Å². The Labute approximate surface area is 123 Å². The number of para-hydroxylation sites is 1. The topological polar surface area (TPSA) is 30.5 Å². The number of rotatable bonds is 7. The minimum Gasteiger partial charge on any atom is -0.486 e. The first-order chi connectivity index (χ1) is 9.26. The molecule has 4 heteroatoms. The van der Waals surface area contributed by atoms with Crippen LogP contribution in [-0.4, -0.2) is 31.4 Å². The largest absolute Gasteiger partial charge is 0.486 e. The van der Waals surface area contributed by atoms with E-state index in [4.69, 9.17) is 9.47 Å². The van der Waals surface area contributed by atoms with Crippen molar-refractivity contribution in [2.24, 2.45) is 0 Å². The molecule has 0 aromatic heterocycles. The smallest absolute Gasteiger partial charge is 0.134 e. The van der Waals surface area contributed by atoms with Crippen LogP contribution in [0.2, 0.25) is 0 Å². The molecule has 1 aromatic rings. The molecule has 1 fully saturated rings. The fourth-order valence-corrected chi connectivity index (χ4v) is 2.72. The third-order valence-electron chi connectivity index (χ3n) is 3.38. The Balaban J connectivity index is 1.92. The summed E-state index contributed by atoms with van der Waals surface area (Å²) in [7, 11) is 0. The van der Waals surface area contributed by atoms with Crippen LogP contribution in [0.15, 0.2) is 28.7 Å². The van der Waals surface area contributed by atoms with Crippen molar-refractivity contribution in [3.63, 3.8) is 0 Å². The summed E-state index contributed by atoms with van der Waals surface area (Å²) >= 11 is 3.51. The summed E-state index contributed by atoms with van der Waals surface area (Å²) in [5, 5.41) is 3.52. The molecule has 0 heterocycles. The molecule has 1 aliphatic carbocycles. The Bertz CT molecular complexity index is 399. The summed E-state index contributed by atoms with van der Waals surface area (Å²) in [4.78, 5) is 0. The maximum Gasteiger partial charge on any atom is 0.134 e. The van der Waals surface area contributed by atoms with Crippen molar-refractivity contribution in [3.8, 4) is 5.75 Å². The highest BCUT2D eigenvalue weighted by Crippen LogP contribution is 2.32. The molecule has 1 aliphatic rings. The van der Waals surface area contributed by atoms with Gasteiger partial charge in [-0.2, -0.15) is 0 Å². The zero-order valence-corrected chi connectivity index (χ0v) is 13.2. The molecule has 0 spiro atoms. The monoisotopic (exact) mass is 327 g/mol. The summed E-state index contributed by atoms with van der Waals surface area (Å²) in [5.74, 6) is 0.895. The van der Waals surface area contributed by atoms with Gasteiger partial charge in [0.15, 0.2) is 0 Å². The molecule has 0 bridgehead atoms. The average molecular weight is 328 g/mol. The van der Waals surface area contributed by atoms with Gasteiger partial charge in [-0.25, -0.2) is 0 Å². The van der Waals surface area contributed by atoms with Crippen molar-refractivity contribution in [1.82, 2.24) is 5.32 Å². The first kappa shape index (κ1) is 14.8. The third kappa shape index (κ3) is 3.71. The van der Waals surface area contributed by atoms with Crippen LogP contribution in [0.25, 0.3) is 0 Å². The SMILES string of the molecule is CCCNC1CC(Oc2ccccc2Br)C1OCC. The van der Waals surface area contributed by atoms with Gasteiger partial charge in [0, 0.05) is 19.1 Å². The van der Waals surface area contributed by atoms with Crippen molar-refractivity contribution in [2.75, 3.05) is 13.2 Å². The second-order valence-corrected chi connectivity index (χ2v) is 5.66. The fraction of sp³-hybridized carbons (Fsp3) is 0.600. The van der Waals surface area contributed by atoms with Gasteiger partial charge in [0.2, 0.25) is 0 Å². The van der Waals surface area contributed by atoms with Crippen LogP contribution in [0.1, 0.15) is 26.7 Å². The minimum absolute atomic E-state index is 0.146. The summed E-state index contributed by atoms with van der Waals surface area (Å²) in [6, 6.07) is 8.38. The zero-order chi connectivity index (χ0) is 13.7. The first-order valence-corrected chi connectivity index (χ1v) is 7.81. The van der Waals surface area contributed by atoms with E-state index in [9.17, 15) is 0 Å².